The highest BCUT2D eigenvalue weighted by Gasteiger charge is 2.26. The predicted octanol–water partition coefficient (Wildman–Crippen LogP) is 5.62. The van der Waals surface area contributed by atoms with Crippen molar-refractivity contribution in [3.8, 4) is 22.4 Å². The Morgan fingerprint density at radius 2 is 1.75 bits per heavy atom. The molecule has 0 spiro atoms. The minimum atomic E-state index is -0.246. The van der Waals surface area contributed by atoms with Gasteiger partial charge in [-0.3, -0.25) is 4.79 Å². The molecule has 162 valence electrons. The molecule has 1 aliphatic carbocycles. The molecule has 5 rings (SSSR count). The summed E-state index contributed by atoms with van der Waals surface area (Å²) >= 11 is 12.6. The molecule has 0 aliphatic heterocycles. The van der Waals surface area contributed by atoms with Crippen LogP contribution in [0.25, 0.3) is 28.0 Å². The Morgan fingerprint density at radius 1 is 1.03 bits per heavy atom. The topological polar surface area (TPSA) is 85.3 Å². The lowest BCUT2D eigenvalue weighted by Crippen LogP contribution is -2.33. The van der Waals surface area contributed by atoms with Gasteiger partial charge in [0.15, 0.2) is 11.5 Å². The summed E-state index contributed by atoms with van der Waals surface area (Å²) in [6.07, 6.45) is 5.91. The van der Waals surface area contributed by atoms with Gasteiger partial charge < -0.3 is 11.1 Å². The second kappa shape index (κ2) is 8.45. The van der Waals surface area contributed by atoms with E-state index in [0.717, 1.165) is 48.1 Å². The van der Waals surface area contributed by atoms with Crippen molar-refractivity contribution in [2.75, 3.05) is 5.73 Å². The van der Waals surface area contributed by atoms with Crippen molar-refractivity contribution < 1.29 is 4.79 Å². The van der Waals surface area contributed by atoms with Crippen LogP contribution >= 0.6 is 23.2 Å². The lowest BCUT2D eigenvalue weighted by molar-refractivity contribution is 0.0940. The van der Waals surface area contributed by atoms with Crippen molar-refractivity contribution in [3.05, 3.63) is 70.3 Å². The molecule has 2 aromatic heterocycles. The first-order chi connectivity index (χ1) is 15.5. The Balaban J connectivity index is 1.72. The molecule has 4 aromatic rings. The van der Waals surface area contributed by atoms with E-state index in [-0.39, 0.29) is 23.3 Å². The Labute approximate surface area is 195 Å². The van der Waals surface area contributed by atoms with Gasteiger partial charge in [0.25, 0.3) is 5.91 Å². The first kappa shape index (κ1) is 20.8. The first-order valence-electron chi connectivity index (χ1n) is 10.5. The van der Waals surface area contributed by atoms with Gasteiger partial charge in [0.1, 0.15) is 5.56 Å². The number of fused-ring (bicyclic) bond motifs is 1. The number of nitrogen functional groups attached to an aromatic ring is 1. The van der Waals surface area contributed by atoms with Crippen molar-refractivity contribution in [2.24, 2.45) is 0 Å². The van der Waals surface area contributed by atoms with E-state index in [2.05, 4.69) is 15.4 Å². The number of anilines is 1. The highest BCUT2D eigenvalue weighted by atomic mass is 35.5. The number of rotatable bonds is 4. The summed E-state index contributed by atoms with van der Waals surface area (Å²) in [5, 5.41) is 8.81. The highest BCUT2D eigenvalue weighted by molar-refractivity contribution is 6.33. The molecule has 1 fully saturated rings. The van der Waals surface area contributed by atoms with Gasteiger partial charge in [-0.2, -0.15) is 0 Å². The molecule has 0 radical (unpaired) electrons. The van der Waals surface area contributed by atoms with Crippen LogP contribution < -0.4 is 11.1 Å². The number of nitrogens with zero attached hydrogens (tertiary/aromatic N) is 3. The lowest BCUT2D eigenvalue weighted by Gasteiger charge is -2.14. The molecule has 8 heteroatoms. The summed E-state index contributed by atoms with van der Waals surface area (Å²) < 4.78 is 1.63. The summed E-state index contributed by atoms with van der Waals surface area (Å²) in [4.78, 5) is 17.7. The van der Waals surface area contributed by atoms with E-state index in [4.69, 9.17) is 28.9 Å². The number of nitrogens with two attached hydrogens (primary N) is 1. The molecular formula is C24H21Cl2N5O. The zero-order valence-corrected chi connectivity index (χ0v) is 18.7. The standard InChI is InChI=1S/C24H21Cl2N5O/c25-15-11-9-14(10-12-15)21-18(17-7-3-4-8-19(17)26)13-28-23-20(22(27)30-31(21)23)24(32)29-16-5-1-2-6-16/h3-4,7-13,16H,1-2,5-6H2,(H2,27,30)(H,29,32). The Kier molecular flexibility index (Phi) is 5.49. The fraction of sp³-hybridized carbons (Fsp3) is 0.208. The van der Waals surface area contributed by atoms with Crippen molar-refractivity contribution in [1.29, 1.82) is 0 Å². The predicted molar refractivity (Wildman–Crippen MR) is 128 cm³/mol. The molecular weight excluding hydrogens is 445 g/mol. The van der Waals surface area contributed by atoms with Gasteiger partial charge in [-0.15, -0.1) is 5.10 Å². The number of benzene rings is 2. The summed E-state index contributed by atoms with van der Waals surface area (Å²) in [5.74, 6) is -0.107. The highest BCUT2D eigenvalue weighted by Crippen LogP contribution is 2.37. The fourth-order valence-corrected chi connectivity index (χ4v) is 4.67. The van der Waals surface area contributed by atoms with Crippen molar-refractivity contribution in [1.82, 2.24) is 19.9 Å². The van der Waals surface area contributed by atoms with E-state index in [0.29, 0.717) is 15.7 Å². The van der Waals surface area contributed by atoms with E-state index in [1.807, 2.05) is 36.4 Å². The second-order valence-electron chi connectivity index (χ2n) is 7.96. The molecule has 1 aliphatic rings. The monoisotopic (exact) mass is 465 g/mol. The Hall–Kier alpha value is -3.09. The smallest absolute Gasteiger partial charge is 0.259 e. The third-order valence-corrected chi connectivity index (χ3v) is 6.45. The summed E-state index contributed by atoms with van der Waals surface area (Å²) in [7, 11) is 0. The number of nitrogens with one attached hydrogen (secondary N) is 1. The van der Waals surface area contributed by atoms with Gasteiger partial charge in [-0.25, -0.2) is 9.50 Å². The summed E-state index contributed by atoms with van der Waals surface area (Å²) in [5.41, 5.74) is 10.1. The molecule has 6 nitrogen and oxygen atoms in total. The first-order valence-corrected chi connectivity index (χ1v) is 11.3. The molecule has 1 amide bonds. The van der Waals surface area contributed by atoms with Crippen LogP contribution in [0.1, 0.15) is 36.0 Å². The average molecular weight is 466 g/mol. The molecule has 0 saturated heterocycles. The molecule has 3 N–H and O–H groups in total. The maximum Gasteiger partial charge on any atom is 0.259 e. The third-order valence-electron chi connectivity index (χ3n) is 5.87. The number of hydrogen-bond donors (Lipinski definition) is 2. The number of halogens is 2. The van der Waals surface area contributed by atoms with Crippen LogP contribution in [0.15, 0.2) is 54.7 Å². The largest absolute Gasteiger partial charge is 0.381 e. The van der Waals surface area contributed by atoms with Crippen LogP contribution in [0.2, 0.25) is 10.0 Å². The molecule has 2 heterocycles. The average Bonchev–Trinajstić information content (AvgIpc) is 3.41. The van der Waals surface area contributed by atoms with Gasteiger partial charge in [-0.1, -0.05) is 66.4 Å². The van der Waals surface area contributed by atoms with Gasteiger partial charge in [0.05, 0.1) is 5.69 Å². The van der Waals surface area contributed by atoms with Gasteiger partial charge in [-0.05, 0) is 31.0 Å². The SMILES string of the molecule is Nc1nn2c(-c3ccc(Cl)cc3)c(-c3ccccc3Cl)cnc2c1C(=O)NC1CCCC1. The molecule has 0 bridgehead atoms. The van der Waals surface area contributed by atoms with Crippen molar-refractivity contribution in [3.63, 3.8) is 0 Å². The molecule has 0 unspecified atom stereocenters. The van der Waals surface area contributed by atoms with E-state index in [1.54, 1.807) is 22.8 Å². The zero-order valence-electron chi connectivity index (χ0n) is 17.2. The third kappa shape index (κ3) is 3.70. The summed E-state index contributed by atoms with van der Waals surface area (Å²) in [6.45, 7) is 0. The van der Waals surface area contributed by atoms with E-state index >= 15 is 0 Å². The normalized spacial score (nSPS) is 14.2. The zero-order chi connectivity index (χ0) is 22.2. The van der Waals surface area contributed by atoms with Crippen LogP contribution in [0.3, 0.4) is 0 Å². The van der Waals surface area contributed by atoms with Crippen LogP contribution in [0, 0.1) is 0 Å². The maximum atomic E-state index is 13.1. The van der Waals surface area contributed by atoms with E-state index in [9.17, 15) is 4.79 Å². The second-order valence-corrected chi connectivity index (χ2v) is 8.80. The Bertz CT molecular complexity index is 1310. The van der Waals surface area contributed by atoms with Gasteiger partial charge >= 0.3 is 0 Å². The molecule has 32 heavy (non-hydrogen) atoms. The van der Waals surface area contributed by atoms with Crippen molar-refractivity contribution >= 4 is 40.6 Å². The summed E-state index contributed by atoms with van der Waals surface area (Å²) in [6, 6.07) is 15.1. The maximum absolute atomic E-state index is 13.1. The van der Waals surface area contributed by atoms with Crippen LogP contribution in [0.5, 0.6) is 0 Å². The fourth-order valence-electron chi connectivity index (χ4n) is 4.31. The minimum Gasteiger partial charge on any atom is -0.381 e. The van der Waals surface area contributed by atoms with Crippen LogP contribution in [0.4, 0.5) is 5.82 Å². The number of amides is 1. The van der Waals surface area contributed by atoms with E-state index < -0.39 is 0 Å². The lowest BCUT2D eigenvalue weighted by atomic mass is 10.0. The van der Waals surface area contributed by atoms with Crippen molar-refractivity contribution in [2.45, 2.75) is 31.7 Å². The van der Waals surface area contributed by atoms with E-state index in [1.165, 1.54) is 0 Å². The number of aromatic nitrogens is 3. The molecule has 2 aromatic carbocycles. The Morgan fingerprint density at radius 3 is 2.47 bits per heavy atom. The number of carbonyl (C=O) groups excluding carboxylic acids is 1. The number of hydrogen-bond acceptors (Lipinski definition) is 4. The van der Waals surface area contributed by atoms with Crippen LogP contribution in [-0.2, 0) is 0 Å². The molecule has 0 atom stereocenters. The van der Waals surface area contributed by atoms with Gasteiger partial charge in [0.2, 0.25) is 0 Å². The molecule has 1 saturated carbocycles. The quantitative estimate of drug-likeness (QED) is 0.409. The van der Waals surface area contributed by atoms with Crippen LogP contribution in [-0.4, -0.2) is 26.5 Å². The minimum absolute atomic E-state index is 0.138. The van der Waals surface area contributed by atoms with Gasteiger partial charge in [0, 0.05) is 39.0 Å². The number of carbonyl (C=O) groups is 1.